The van der Waals surface area contributed by atoms with E-state index in [1.165, 1.54) is 32.2 Å². The molecule has 0 radical (unpaired) electrons. The summed E-state index contributed by atoms with van der Waals surface area (Å²) in [6.45, 7) is 8.58. The van der Waals surface area contributed by atoms with Crippen molar-refractivity contribution in [3.05, 3.63) is 0 Å². The van der Waals surface area contributed by atoms with Gasteiger partial charge in [0.05, 0.1) is 12.7 Å². The van der Waals surface area contributed by atoms with Crippen molar-refractivity contribution in [3.63, 3.8) is 0 Å². The molecule has 2 fully saturated rings. The second-order valence-electron chi connectivity index (χ2n) is 7.36. The van der Waals surface area contributed by atoms with Crippen molar-refractivity contribution in [1.82, 2.24) is 10.2 Å². The van der Waals surface area contributed by atoms with Crippen molar-refractivity contribution in [3.8, 4) is 0 Å². The predicted molar refractivity (Wildman–Crippen MR) is 86.5 cm³/mol. The Morgan fingerprint density at radius 1 is 1.19 bits per heavy atom. The van der Waals surface area contributed by atoms with E-state index in [1.54, 1.807) is 7.11 Å². The molecule has 2 rings (SSSR count). The van der Waals surface area contributed by atoms with Crippen molar-refractivity contribution in [2.45, 2.75) is 51.6 Å². The number of methoxy groups -OCH3 is 1. The maximum atomic E-state index is 9.68. The van der Waals surface area contributed by atoms with Gasteiger partial charge in [0.1, 0.15) is 0 Å². The molecule has 1 heterocycles. The third-order valence-corrected chi connectivity index (χ3v) is 5.43. The molecule has 2 N–H and O–H groups in total. The lowest BCUT2D eigenvalue weighted by atomic mass is 9.70. The summed E-state index contributed by atoms with van der Waals surface area (Å²) in [5.74, 6) is 0.889. The molecule has 0 spiro atoms. The Kier molecular flexibility index (Phi) is 6.93. The fourth-order valence-electron chi connectivity index (χ4n) is 3.84. The van der Waals surface area contributed by atoms with Gasteiger partial charge in [0.25, 0.3) is 0 Å². The molecule has 0 aromatic heterocycles. The third kappa shape index (κ3) is 5.51. The molecular formula is C17H34N2O2. The van der Waals surface area contributed by atoms with Crippen LogP contribution < -0.4 is 5.32 Å². The Morgan fingerprint density at radius 2 is 1.86 bits per heavy atom. The van der Waals surface area contributed by atoms with Gasteiger partial charge in [-0.15, -0.1) is 0 Å². The Morgan fingerprint density at radius 3 is 2.48 bits per heavy atom. The van der Waals surface area contributed by atoms with Gasteiger partial charge in [0, 0.05) is 39.8 Å². The van der Waals surface area contributed by atoms with Gasteiger partial charge in [-0.1, -0.05) is 19.8 Å². The summed E-state index contributed by atoms with van der Waals surface area (Å²) in [6, 6.07) is 0. The Balaban J connectivity index is 1.85. The van der Waals surface area contributed by atoms with Crippen LogP contribution in [0.2, 0.25) is 0 Å². The molecule has 0 unspecified atom stereocenters. The van der Waals surface area contributed by atoms with Gasteiger partial charge < -0.3 is 20.1 Å². The quantitative estimate of drug-likeness (QED) is 0.704. The van der Waals surface area contributed by atoms with E-state index in [0.29, 0.717) is 5.41 Å². The van der Waals surface area contributed by atoms with Crippen LogP contribution >= 0.6 is 0 Å². The molecule has 2 aliphatic rings. The van der Waals surface area contributed by atoms with Crippen molar-refractivity contribution >= 4 is 0 Å². The summed E-state index contributed by atoms with van der Waals surface area (Å²) < 4.78 is 5.14. The highest BCUT2D eigenvalue weighted by atomic mass is 16.5. The number of hydrogen-bond donors (Lipinski definition) is 2. The molecule has 4 nitrogen and oxygen atoms in total. The Bertz CT molecular complexity index is 283. The first-order valence-corrected chi connectivity index (χ1v) is 8.74. The lowest BCUT2D eigenvalue weighted by Gasteiger charge is -2.44. The molecule has 0 bridgehead atoms. The first kappa shape index (κ1) is 17.2. The lowest BCUT2D eigenvalue weighted by Crippen LogP contribution is -2.49. The average molecular weight is 298 g/mol. The second-order valence-corrected chi connectivity index (χ2v) is 7.36. The second kappa shape index (κ2) is 8.47. The lowest BCUT2D eigenvalue weighted by molar-refractivity contribution is 0.0364. The van der Waals surface area contributed by atoms with Gasteiger partial charge in [0.15, 0.2) is 0 Å². The smallest absolute Gasteiger partial charge is 0.0587 e. The molecule has 0 aromatic rings. The van der Waals surface area contributed by atoms with Crippen molar-refractivity contribution in [2.75, 3.05) is 46.4 Å². The molecule has 21 heavy (non-hydrogen) atoms. The minimum Gasteiger partial charge on any atom is -0.393 e. The molecule has 1 saturated heterocycles. The van der Waals surface area contributed by atoms with Crippen LogP contribution in [0.1, 0.15) is 45.4 Å². The molecule has 1 aliphatic heterocycles. The summed E-state index contributed by atoms with van der Waals surface area (Å²) in [7, 11) is 1.76. The van der Waals surface area contributed by atoms with Crippen LogP contribution in [0.3, 0.4) is 0 Å². The van der Waals surface area contributed by atoms with Crippen LogP contribution in [0, 0.1) is 11.3 Å². The number of piperidine rings is 1. The van der Waals surface area contributed by atoms with Gasteiger partial charge >= 0.3 is 0 Å². The zero-order valence-corrected chi connectivity index (χ0v) is 13.9. The van der Waals surface area contributed by atoms with Gasteiger partial charge in [0.2, 0.25) is 0 Å². The monoisotopic (exact) mass is 298 g/mol. The highest BCUT2D eigenvalue weighted by molar-refractivity contribution is 4.90. The fourth-order valence-corrected chi connectivity index (χ4v) is 3.84. The number of aliphatic hydroxyl groups excluding tert-OH is 1. The maximum Gasteiger partial charge on any atom is 0.0587 e. The van der Waals surface area contributed by atoms with Crippen molar-refractivity contribution in [1.29, 1.82) is 0 Å². The summed E-state index contributed by atoms with van der Waals surface area (Å²) >= 11 is 0. The molecule has 1 aliphatic carbocycles. The minimum absolute atomic E-state index is 0.0663. The van der Waals surface area contributed by atoms with E-state index in [2.05, 4.69) is 17.1 Å². The summed E-state index contributed by atoms with van der Waals surface area (Å²) in [5.41, 5.74) is 0.433. The minimum atomic E-state index is -0.0663. The van der Waals surface area contributed by atoms with Gasteiger partial charge in [-0.2, -0.15) is 0 Å². The topological polar surface area (TPSA) is 44.7 Å². The fraction of sp³-hybridized carbons (Fsp3) is 1.00. The number of likely N-dealkylation sites (tertiary alicyclic amines) is 1. The third-order valence-electron chi connectivity index (χ3n) is 5.43. The average Bonchev–Trinajstić information content (AvgIpc) is 2.49. The van der Waals surface area contributed by atoms with Crippen LogP contribution in [0.5, 0.6) is 0 Å². The number of hydrogen-bond acceptors (Lipinski definition) is 4. The van der Waals surface area contributed by atoms with Crippen LogP contribution in [-0.2, 0) is 4.74 Å². The normalized spacial score (nSPS) is 32.4. The van der Waals surface area contributed by atoms with E-state index < -0.39 is 0 Å². The van der Waals surface area contributed by atoms with E-state index in [-0.39, 0.29) is 6.10 Å². The molecule has 0 aromatic carbocycles. The summed E-state index contributed by atoms with van der Waals surface area (Å²) in [6.07, 6.45) is 7.24. The molecule has 124 valence electrons. The van der Waals surface area contributed by atoms with Gasteiger partial charge in [-0.3, -0.25) is 0 Å². The number of aliphatic hydroxyl groups is 1. The number of rotatable bonds is 7. The van der Waals surface area contributed by atoms with E-state index in [9.17, 15) is 5.11 Å². The maximum absolute atomic E-state index is 9.68. The molecule has 0 atom stereocenters. The molecule has 0 amide bonds. The Hall–Kier alpha value is -0.160. The van der Waals surface area contributed by atoms with Crippen LogP contribution in [0.25, 0.3) is 0 Å². The number of nitrogens with zero attached hydrogens (tertiary/aromatic N) is 1. The number of ether oxygens (including phenoxy) is 1. The summed E-state index contributed by atoms with van der Waals surface area (Å²) in [5, 5.41) is 13.3. The predicted octanol–water partition coefficient (Wildman–Crippen LogP) is 1.88. The summed E-state index contributed by atoms with van der Waals surface area (Å²) in [4.78, 5) is 2.58. The number of nitrogens with one attached hydrogen (secondary N) is 1. The molecular weight excluding hydrogens is 264 g/mol. The van der Waals surface area contributed by atoms with Gasteiger partial charge in [-0.05, 0) is 37.0 Å². The first-order chi connectivity index (χ1) is 10.1. The van der Waals surface area contributed by atoms with Crippen LogP contribution in [-0.4, -0.2) is 62.6 Å². The zero-order valence-electron chi connectivity index (χ0n) is 13.9. The van der Waals surface area contributed by atoms with Gasteiger partial charge in [-0.25, -0.2) is 0 Å². The Labute approximate surface area is 130 Å². The standard InChI is InChI=1S/C17H34N2O2/c1-15-3-7-17(8-4-15,13-18-9-12-21-2)14-19-10-5-16(20)6-11-19/h15-16,18,20H,3-14H2,1-2H3. The SMILES string of the molecule is COCCNCC1(CN2CCC(O)CC2)CCC(C)CC1. The largest absolute Gasteiger partial charge is 0.393 e. The van der Waals surface area contributed by atoms with E-state index in [0.717, 1.165) is 51.5 Å². The molecule has 4 heteroatoms. The zero-order chi connectivity index (χ0) is 15.1. The highest BCUT2D eigenvalue weighted by Crippen LogP contribution is 2.39. The van der Waals surface area contributed by atoms with E-state index in [4.69, 9.17) is 4.74 Å². The highest BCUT2D eigenvalue weighted by Gasteiger charge is 2.36. The molecule has 1 saturated carbocycles. The first-order valence-electron chi connectivity index (χ1n) is 8.74. The van der Waals surface area contributed by atoms with E-state index in [1.807, 2.05) is 0 Å². The van der Waals surface area contributed by atoms with Crippen molar-refractivity contribution in [2.24, 2.45) is 11.3 Å². The van der Waals surface area contributed by atoms with Crippen LogP contribution in [0.4, 0.5) is 0 Å². The van der Waals surface area contributed by atoms with Crippen LogP contribution in [0.15, 0.2) is 0 Å². The van der Waals surface area contributed by atoms with Crippen molar-refractivity contribution < 1.29 is 9.84 Å². The van der Waals surface area contributed by atoms with E-state index >= 15 is 0 Å².